The zero-order valence-corrected chi connectivity index (χ0v) is 16.7. The average molecular weight is 406 g/mol. The number of nitrogens with one attached hydrogen (secondary N) is 3. The number of para-hydroxylation sites is 1. The number of hydrogen-bond acceptors (Lipinski definition) is 4. The van der Waals surface area contributed by atoms with Crippen LogP contribution >= 0.6 is 0 Å². The summed E-state index contributed by atoms with van der Waals surface area (Å²) in [4.78, 5) is 41.8. The van der Waals surface area contributed by atoms with Crippen LogP contribution in [0.2, 0.25) is 0 Å². The number of hydrogen-bond donors (Lipinski definition) is 3. The van der Waals surface area contributed by atoms with Crippen LogP contribution in [0.4, 0.5) is 11.4 Å². The van der Waals surface area contributed by atoms with Gasteiger partial charge in [0.15, 0.2) is 0 Å². The van der Waals surface area contributed by atoms with E-state index in [1.165, 1.54) is 6.92 Å². The molecule has 0 radical (unpaired) electrons. The maximum absolute atomic E-state index is 13.0. The van der Waals surface area contributed by atoms with Gasteiger partial charge in [0, 0.05) is 36.5 Å². The fourth-order valence-corrected chi connectivity index (χ4v) is 3.69. The number of H-pyrrole nitrogens is 1. The number of aromatic nitrogens is 1. The Balaban J connectivity index is 1.53. The van der Waals surface area contributed by atoms with E-state index in [-0.39, 0.29) is 35.9 Å². The smallest absolute Gasteiger partial charge is 0.270 e. The first-order chi connectivity index (χ1) is 14.5. The molecule has 0 bridgehead atoms. The molecule has 1 unspecified atom stereocenters. The van der Waals surface area contributed by atoms with Crippen molar-refractivity contribution in [1.82, 2.24) is 10.3 Å². The van der Waals surface area contributed by atoms with Gasteiger partial charge in [0.05, 0.1) is 18.8 Å². The highest BCUT2D eigenvalue weighted by atomic mass is 16.5. The Bertz CT molecular complexity index is 1120. The molecule has 0 spiro atoms. The lowest BCUT2D eigenvalue weighted by Gasteiger charge is -2.17. The minimum atomic E-state index is -0.371. The summed E-state index contributed by atoms with van der Waals surface area (Å²) in [5, 5.41) is 6.40. The van der Waals surface area contributed by atoms with Gasteiger partial charge < -0.3 is 25.3 Å². The minimum Gasteiger partial charge on any atom is -0.497 e. The molecule has 1 atom stereocenters. The zero-order chi connectivity index (χ0) is 21.3. The lowest BCUT2D eigenvalue weighted by atomic mass is 10.2. The third-order valence-corrected chi connectivity index (χ3v) is 5.08. The van der Waals surface area contributed by atoms with E-state index in [4.69, 9.17) is 4.74 Å². The first-order valence-electron chi connectivity index (χ1n) is 9.60. The molecule has 4 rings (SSSR count). The number of nitrogens with zero attached hydrogens (tertiary/aromatic N) is 1. The predicted octanol–water partition coefficient (Wildman–Crippen LogP) is 2.67. The van der Waals surface area contributed by atoms with Crippen molar-refractivity contribution >= 4 is 40.0 Å². The number of carbonyl (C=O) groups excluding carboxylic acids is 3. The fourth-order valence-electron chi connectivity index (χ4n) is 3.69. The van der Waals surface area contributed by atoms with E-state index in [1.807, 2.05) is 36.4 Å². The van der Waals surface area contributed by atoms with Crippen molar-refractivity contribution in [3.05, 3.63) is 54.2 Å². The second kappa shape index (κ2) is 7.90. The molecule has 0 aliphatic carbocycles. The van der Waals surface area contributed by atoms with Crippen LogP contribution in [-0.2, 0) is 9.59 Å². The van der Waals surface area contributed by atoms with Crippen molar-refractivity contribution in [1.29, 1.82) is 0 Å². The van der Waals surface area contributed by atoms with Crippen molar-refractivity contribution in [2.45, 2.75) is 19.4 Å². The number of benzene rings is 2. The number of anilines is 2. The normalized spacial score (nSPS) is 16.0. The summed E-state index contributed by atoms with van der Waals surface area (Å²) in [6.45, 7) is 1.76. The standard InChI is InChI=1S/C22H22N4O4/c1-13(27)23-20-17-5-3-4-6-18(17)25-21(20)22(29)24-14-11-19(28)26(12-14)15-7-9-16(30-2)10-8-15/h3-10,14,25H,11-12H2,1-2H3,(H,23,27)(H,24,29). The topological polar surface area (TPSA) is 104 Å². The largest absolute Gasteiger partial charge is 0.497 e. The van der Waals surface area contributed by atoms with Crippen LogP contribution in [0.3, 0.4) is 0 Å². The quantitative estimate of drug-likeness (QED) is 0.606. The van der Waals surface area contributed by atoms with Crippen LogP contribution in [0.15, 0.2) is 48.5 Å². The van der Waals surface area contributed by atoms with E-state index in [0.717, 1.165) is 16.6 Å². The van der Waals surface area contributed by atoms with Crippen LogP contribution in [0.5, 0.6) is 5.75 Å². The highest BCUT2D eigenvalue weighted by Crippen LogP contribution is 2.29. The van der Waals surface area contributed by atoms with Gasteiger partial charge in [0.1, 0.15) is 11.4 Å². The molecule has 1 saturated heterocycles. The van der Waals surface area contributed by atoms with Crippen molar-refractivity contribution in [3.8, 4) is 5.75 Å². The Labute approximate surface area is 173 Å². The highest BCUT2D eigenvalue weighted by Gasteiger charge is 2.32. The Morgan fingerprint density at radius 2 is 1.87 bits per heavy atom. The van der Waals surface area contributed by atoms with Gasteiger partial charge in [-0.15, -0.1) is 0 Å². The van der Waals surface area contributed by atoms with Gasteiger partial charge in [-0.1, -0.05) is 18.2 Å². The summed E-state index contributed by atoms with van der Waals surface area (Å²) in [6, 6.07) is 14.2. The summed E-state index contributed by atoms with van der Waals surface area (Å²) in [6.07, 6.45) is 0.202. The zero-order valence-electron chi connectivity index (χ0n) is 16.7. The summed E-state index contributed by atoms with van der Waals surface area (Å²) >= 11 is 0. The molecule has 3 aromatic rings. The predicted molar refractivity (Wildman–Crippen MR) is 114 cm³/mol. The van der Waals surface area contributed by atoms with Gasteiger partial charge in [0.2, 0.25) is 11.8 Å². The van der Waals surface area contributed by atoms with Crippen molar-refractivity contribution in [3.63, 3.8) is 0 Å². The molecule has 1 aliphatic rings. The molecule has 2 aromatic carbocycles. The van der Waals surface area contributed by atoms with Crippen LogP contribution in [0.25, 0.3) is 10.9 Å². The maximum atomic E-state index is 13.0. The van der Waals surface area contributed by atoms with Crippen molar-refractivity contribution in [2.24, 2.45) is 0 Å². The number of methoxy groups -OCH3 is 1. The number of carbonyl (C=O) groups is 3. The van der Waals surface area contributed by atoms with Gasteiger partial charge in [-0.3, -0.25) is 14.4 Å². The molecule has 8 nitrogen and oxygen atoms in total. The monoisotopic (exact) mass is 406 g/mol. The minimum absolute atomic E-state index is 0.0656. The summed E-state index contributed by atoms with van der Waals surface area (Å²) in [7, 11) is 1.58. The van der Waals surface area contributed by atoms with Crippen LogP contribution in [0, 0.1) is 0 Å². The number of rotatable bonds is 5. The molecule has 1 aliphatic heterocycles. The van der Waals surface area contributed by atoms with Crippen molar-refractivity contribution < 1.29 is 19.1 Å². The molecule has 2 heterocycles. The Kier molecular flexibility index (Phi) is 5.14. The van der Waals surface area contributed by atoms with E-state index in [1.54, 1.807) is 24.1 Å². The van der Waals surface area contributed by atoms with E-state index >= 15 is 0 Å². The van der Waals surface area contributed by atoms with Crippen LogP contribution in [0.1, 0.15) is 23.8 Å². The first-order valence-corrected chi connectivity index (χ1v) is 9.60. The molecule has 3 N–H and O–H groups in total. The van der Waals surface area contributed by atoms with Gasteiger partial charge in [-0.05, 0) is 30.3 Å². The summed E-state index contributed by atoms with van der Waals surface area (Å²) in [5.41, 5.74) is 2.20. The third kappa shape index (κ3) is 3.71. The van der Waals surface area contributed by atoms with E-state index < -0.39 is 0 Å². The average Bonchev–Trinajstić information content (AvgIpc) is 3.28. The molecular weight excluding hydrogens is 384 g/mol. The SMILES string of the molecule is COc1ccc(N2CC(NC(=O)c3[nH]c4ccccc4c3NC(C)=O)CC2=O)cc1. The number of amides is 3. The van der Waals surface area contributed by atoms with Gasteiger partial charge in [-0.2, -0.15) is 0 Å². The molecular formula is C22H22N4O4. The van der Waals surface area contributed by atoms with Crippen LogP contribution < -0.4 is 20.3 Å². The number of ether oxygens (including phenoxy) is 1. The van der Waals surface area contributed by atoms with E-state index in [9.17, 15) is 14.4 Å². The Morgan fingerprint density at radius 3 is 2.57 bits per heavy atom. The maximum Gasteiger partial charge on any atom is 0.270 e. The van der Waals surface area contributed by atoms with Gasteiger partial charge in [0.25, 0.3) is 5.91 Å². The summed E-state index contributed by atoms with van der Waals surface area (Å²) in [5.74, 6) is 0.00335. The van der Waals surface area contributed by atoms with E-state index in [0.29, 0.717) is 18.0 Å². The molecule has 0 saturated carbocycles. The lowest BCUT2D eigenvalue weighted by molar-refractivity contribution is -0.117. The number of fused-ring (bicyclic) bond motifs is 1. The molecule has 3 amide bonds. The number of aromatic amines is 1. The van der Waals surface area contributed by atoms with Crippen LogP contribution in [-0.4, -0.2) is 42.4 Å². The molecule has 1 fully saturated rings. The first kappa shape index (κ1) is 19.5. The van der Waals surface area contributed by atoms with E-state index in [2.05, 4.69) is 15.6 Å². The molecule has 1 aromatic heterocycles. The molecule has 8 heteroatoms. The lowest BCUT2D eigenvalue weighted by Crippen LogP contribution is -2.37. The Morgan fingerprint density at radius 1 is 1.13 bits per heavy atom. The third-order valence-electron chi connectivity index (χ3n) is 5.08. The fraction of sp³-hybridized carbons (Fsp3) is 0.227. The highest BCUT2D eigenvalue weighted by molar-refractivity contribution is 6.12. The van der Waals surface area contributed by atoms with Crippen molar-refractivity contribution in [2.75, 3.05) is 23.9 Å². The second-order valence-electron chi connectivity index (χ2n) is 7.18. The Hall–Kier alpha value is -3.81. The molecule has 30 heavy (non-hydrogen) atoms. The van der Waals surface area contributed by atoms with Gasteiger partial charge >= 0.3 is 0 Å². The summed E-state index contributed by atoms with van der Waals surface area (Å²) < 4.78 is 5.15. The molecule has 154 valence electrons. The second-order valence-corrected chi connectivity index (χ2v) is 7.18. The van der Waals surface area contributed by atoms with Gasteiger partial charge in [-0.25, -0.2) is 0 Å².